The van der Waals surface area contributed by atoms with Gasteiger partial charge in [0, 0.05) is 5.69 Å². The summed E-state index contributed by atoms with van der Waals surface area (Å²) >= 11 is 0. The van der Waals surface area contributed by atoms with Crippen molar-refractivity contribution in [3.8, 4) is 0 Å². The highest BCUT2D eigenvalue weighted by atomic mass is 32.2. The fourth-order valence-electron chi connectivity index (χ4n) is 2.03. The minimum absolute atomic E-state index is 0.126. The van der Waals surface area contributed by atoms with Crippen LogP contribution < -0.4 is 4.90 Å². The summed E-state index contributed by atoms with van der Waals surface area (Å²) in [6.07, 6.45) is -0.416. The molecule has 23 heavy (non-hydrogen) atoms. The first-order valence-electron chi connectivity index (χ1n) is 6.90. The van der Waals surface area contributed by atoms with Gasteiger partial charge in [-0.1, -0.05) is 6.07 Å². The van der Waals surface area contributed by atoms with Crippen molar-refractivity contribution in [3.63, 3.8) is 0 Å². The lowest BCUT2D eigenvalue weighted by Gasteiger charge is -2.13. The van der Waals surface area contributed by atoms with E-state index in [9.17, 15) is 18.0 Å². The van der Waals surface area contributed by atoms with Gasteiger partial charge in [0.1, 0.15) is 12.7 Å². The number of cyclic esters (lactones) is 1. The van der Waals surface area contributed by atoms with E-state index in [4.69, 9.17) is 9.47 Å². The van der Waals surface area contributed by atoms with Crippen LogP contribution in [0, 0.1) is 0 Å². The van der Waals surface area contributed by atoms with Crippen LogP contribution in [0.2, 0.25) is 0 Å². The van der Waals surface area contributed by atoms with Crippen LogP contribution >= 0.6 is 0 Å². The molecule has 8 nitrogen and oxygen atoms in total. The molecule has 1 aromatic rings. The Balaban J connectivity index is 2.08. The van der Waals surface area contributed by atoms with Gasteiger partial charge in [0.25, 0.3) is 10.1 Å². The number of esters is 1. The van der Waals surface area contributed by atoms with Gasteiger partial charge in [0.15, 0.2) is 0 Å². The molecule has 0 radical (unpaired) electrons. The first-order chi connectivity index (χ1) is 10.8. The lowest BCUT2D eigenvalue weighted by Crippen LogP contribution is -2.26. The Hall–Kier alpha value is -2.13. The van der Waals surface area contributed by atoms with Crippen LogP contribution in [-0.4, -0.2) is 52.6 Å². The highest BCUT2D eigenvalue weighted by Gasteiger charge is 2.33. The van der Waals surface area contributed by atoms with Gasteiger partial charge in [0.05, 0.1) is 25.0 Å². The summed E-state index contributed by atoms with van der Waals surface area (Å²) < 4.78 is 36.5. The summed E-state index contributed by atoms with van der Waals surface area (Å²) in [6, 6.07) is 6.35. The summed E-state index contributed by atoms with van der Waals surface area (Å²) in [5.41, 5.74) is 0.774. The summed E-state index contributed by atoms with van der Waals surface area (Å²) in [7, 11) is -3.61. The van der Waals surface area contributed by atoms with E-state index in [2.05, 4.69) is 4.18 Å². The molecule has 0 N–H and O–H groups in total. The third-order valence-corrected chi connectivity index (χ3v) is 3.58. The Morgan fingerprint density at radius 1 is 1.43 bits per heavy atom. The first-order valence-corrected chi connectivity index (χ1v) is 8.71. The predicted octanol–water partition coefficient (Wildman–Crippen LogP) is 1.16. The molecule has 1 fully saturated rings. The lowest BCUT2D eigenvalue weighted by molar-refractivity contribution is 0.0526. The second-order valence-electron chi connectivity index (χ2n) is 4.88. The number of ether oxygens (including phenoxy) is 2. The Kier molecular flexibility index (Phi) is 5.22. The zero-order valence-corrected chi connectivity index (χ0v) is 13.5. The smallest absolute Gasteiger partial charge is 0.414 e. The predicted molar refractivity (Wildman–Crippen MR) is 80.8 cm³/mol. The molecule has 0 spiro atoms. The van der Waals surface area contributed by atoms with Crippen LogP contribution in [0.1, 0.15) is 17.3 Å². The third-order valence-electron chi connectivity index (χ3n) is 3.01. The Morgan fingerprint density at radius 3 is 2.83 bits per heavy atom. The van der Waals surface area contributed by atoms with Crippen molar-refractivity contribution >= 4 is 27.9 Å². The third kappa shape index (κ3) is 4.67. The number of rotatable bonds is 6. The molecule has 2 rings (SSSR count). The van der Waals surface area contributed by atoms with Crippen molar-refractivity contribution < 1.29 is 31.7 Å². The quantitative estimate of drug-likeness (QED) is 0.564. The van der Waals surface area contributed by atoms with E-state index in [-0.39, 0.29) is 19.8 Å². The number of benzene rings is 1. The average molecular weight is 343 g/mol. The van der Waals surface area contributed by atoms with E-state index in [1.807, 2.05) is 0 Å². The lowest BCUT2D eigenvalue weighted by atomic mass is 10.2. The van der Waals surface area contributed by atoms with Crippen molar-refractivity contribution in [2.24, 2.45) is 0 Å². The highest BCUT2D eigenvalue weighted by Crippen LogP contribution is 2.23. The van der Waals surface area contributed by atoms with Crippen LogP contribution in [0.3, 0.4) is 0 Å². The fourth-order valence-corrected chi connectivity index (χ4v) is 2.43. The molecule has 1 amide bonds. The molecule has 1 heterocycles. The second-order valence-corrected chi connectivity index (χ2v) is 6.52. The van der Waals surface area contributed by atoms with Crippen molar-refractivity contribution in [3.05, 3.63) is 29.8 Å². The second kappa shape index (κ2) is 6.97. The minimum atomic E-state index is -3.61. The zero-order valence-electron chi connectivity index (χ0n) is 12.7. The molecule has 126 valence electrons. The summed E-state index contributed by atoms with van der Waals surface area (Å²) in [6.45, 7) is 1.82. The van der Waals surface area contributed by atoms with Gasteiger partial charge in [-0.15, -0.1) is 0 Å². The van der Waals surface area contributed by atoms with E-state index in [1.54, 1.807) is 25.1 Å². The van der Waals surface area contributed by atoms with Crippen molar-refractivity contribution in [1.82, 2.24) is 0 Å². The molecule has 1 aromatic carbocycles. The molecule has 1 saturated heterocycles. The average Bonchev–Trinajstić information content (AvgIpc) is 2.86. The number of nitrogens with zero attached hydrogens (tertiary/aromatic N) is 1. The van der Waals surface area contributed by atoms with Gasteiger partial charge in [-0.3, -0.25) is 9.08 Å². The molecular formula is C14H17NO7S. The van der Waals surface area contributed by atoms with Crippen molar-refractivity contribution in [1.29, 1.82) is 0 Å². The topological polar surface area (TPSA) is 99.2 Å². The molecule has 0 saturated carbocycles. The van der Waals surface area contributed by atoms with Crippen LogP contribution in [0.25, 0.3) is 0 Å². The van der Waals surface area contributed by atoms with Crippen LogP contribution in [0.5, 0.6) is 0 Å². The summed E-state index contributed by atoms with van der Waals surface area (Å²) in [5, 5.41) is 0. The maximum Gasteiger partial charge on any atom is 0.414 e. The van der Waals surface area contributed by atoms with Gasteiger partial charge in [-0.2, -0.15) is 8.42 Å². The van der Waals surface area contributed by atoms with Crippen LogP contribution in [-0.2, 0) is 23.8 Å². The number of amides is 1. The van der Waals surface area contributed by atoms with Gasteiger partial charge < -0.3 is 9.47 Å². The van der Waals surface area contributed by atoms with Crippen molar-refractivity contribution in [2.45, 2.75) is 13.0 Å². The van der Waals surface area contributed by atoms with Crippen LogP contribution in [0.4, 0.5) is 10.5 Å². The molecule has 0 bridgehead atoms. The number of hydrogen-bond acceptors (Lipinski definition) is 7. The molecule has 1 atom stereocenters. The Bertz CT molecular complexity index is 701. The summed E-state index contributed by atoms with van der Waals surface area (Å²) in [4.78, 5) is 24.9. The van der Waals surface area contributed by atoms with E-state index < -0.39 is 28.3 Å². The van der Waals surface area contributed by atoms with Gasteiger partial charge >= 0.3 is 12.1 Å². The highest BCUT2D eigenvalue weighted by molar-refractivity contribution is 7.85. The Labute approximate surface area is 134 Å². The van der Waals surface area contributed by atoms with Crippen molar-refractivity contribution in [2.75, 3.05) is 30.9 Å². The number of hydrogen-bond donors (Lipinski definition) is 0. The van der Waals surface area contributed by atoms with Gasteiger partial charge in [0.2, 0.25) is 0 Å². The first kappa shape index (κ1) is 17.2. The molecular weight excluding hydrogens is 326 g/mol. The standard InChI is InChI=1S/C14H17NO7S/c1-3-20-13(16)10-5-4-6-11(7-10)15-8-12(22-14(15)17)9-21-23(2,18)19/h4-7,12H,3,8-9H2,1-2H3/t12-/m1/s1. The number of anilines is 1. The zero-order chi connectivity index (χ0) is 17.0. The van der Waals surface area contributed by atoms with E-state index in [1.165, 1.54) is 11.0 Å². The van der Waals surface area contributed by atoms with E-state index in [0.29, 0.717) is 11.3 Å². The molecule has 0 aliphatic carbocycles. The molecule has 0 unspecified atom stereocenters. The minimum Gasteiger partial charge on any atom is -0.462 e. The van der Waals surface area contributed by atoms with E-state index >= 15 is 0 Å². The maximum absolute atomic E-state index is 11.9. The summed E-state index contributed by atoms with van der Waals surface area (Å²) in [5.74, 6) is -0.487. The maximum atomic E-state index is 11.9. The largest absolute Gasteiger partial charge is 0.462 e. The molecule has 1 aliphatic heterocycles. The SMILES string of the molecule is CCOC(=O)c1cccc(N2C[C@H](COS(C)(=O)=O)OC2=O)c1. The molecule has 0 aromatic heterocycles. The molecule has 9 heteroatoms. The molecule has 1 aliphatic rings. The number of carbonyl (C=O) groups is 2. The number of carbonyl (C=O) groups excluding carboxylic acids is 2. The monoisotopic (exact) mass is 343 g/mol. The van der Waals surface area contributed by atoms with Gasteiger partial charge in [-0.05, 0) is 25.1 Å². The fraction of sp³-hybridized carbons (Fsp3) is 0.429. The Morgan fingerprint density at radius 2 is 2.17 bits per heavy atom. The van der Waals surface area contributed by atoms with Crippen LogP contribution in [0.15, 0.2) is 24.3 Å². The van der Waals surface area contributed by atoms with Gasteiger partial charge in [-0.25, -0.2) is 9.59 Å². The normalized spacial score (nSPS) is 17.9. The van der Waals surface area contributed by atoms with E-state index in [0.717, 1.165) is 6.26 Å².